The van der Waals surface area contributed by atoms with Crippen LogP contribution in [0, 0.1) is 11.6 Å². The second-order valence-corrected chi connectivity index (χ2v) is 9.65. The summed E-state index contributed by atoms with van der Waals surface area (Å²) in [5.74, 6) is -3.37. The largest absolute Gasteiger partial charge is 0.477 e. The number of benzene rings is 1. The normalized spacial score (nSPS) is 13.9. The molecule has 0 atom stereocenters. The molecule has 0 saturated carbocycles. The van der Waals surface area contributed by atoms with Gasteiger partial charge in [0.25, 0.3) is 0 Å². The molecule has 4 aromatic heterocycles. The smallest absolute Gasteiger partial charge is 0.341 e. The van der Waals surface area contributed by atoms with Gasteiger partial charge in [-0.3, -0.25) is 4.79 Å². The van der Waals surface area contributed by atoms with Gasteiger partial charge in [-0.1, -0.05) is 0 Å². The number of carboxylic acids is 1. The number of H-pyrrole nitrogens is 1. The number of aromatic amines is 1. The Morgan fingerprint density at radius 1 is 1.15 bits per heavy atom. The highest BCUT2D eigenvalue weighted by Gasteiger charge is 2.27. The number of aromatic nitrogens is 4. The molecule has 5 heterocycles. The SMILES string of the molecule is CNc1cc(F)c(F)c2c1[nH]c1ncc(-c3cnc4c(c3)c(=O)c(C(=O)O)cn4N(C)C)c(N3CCOCC3)c12. The lowest BCUT2D eigenvalue weighted by molar-refractivity contribution is 0.0695. The summed E-state index contributed by atoms with van der Waals surface area (Å²) in [6.45, 7) is 1.81. The molecule has 0 unspecified atom stereocenters. The quantitative estimate of drug-likeness (QED) is 0.303. The zero-order chi connectivity index (χ0) is 28.3. The molecule has 1 fully saturated rings. The molecule has 1 aliphatic heterocycles. The highest BCUT2D eigenvalue weighted by Crippen LogP contribution is 2.43. The lowest BCUT2D eigenvalue weighted by Crippen LogP contribution is -2.36. The van der Waals surface area contributed by atoms with Crippen LogP contribution in [-0.4, -0.2) is 78.2 Å². The number of pyridine rings is 3. The lowest BCUT2D eigenvalue weighted by Gasteiger charge is -2.31. The number of halogens is 2. The van der Waals surface area contributed by atoms with Crippen molar-refractivity contribution in [3.8, 4) is 11.1 Å². The average Bonchev–Trinajstić information content (AvgIpc) is 3.34. The molecule has 0 bridgehead atoms. The van der Waals surface area contributed by atoms with E-state index in [2.05, 4.69) is 20.3 Å². The number of morpholine rings is 1. The molecule has 3 N–H and O–H groups in total. The molecule has 0 radical (unpaired) electrons. The van der Waals surface area contributed by atoms with Gasteiger partial charge in [0.15, 0.2) is 17.3 Å². The van der Waals surface area contributed by atoms with Gasteiger partial charge in [0.1, 0.15) is 11.2 Å². The van der Waals surface area contributed by atoms with E-state index in [1.807, 2.05) is 4.90 Å². The molecule has 13 heteroatoms. The molecule has 6 rings (SSSR count). The minimum absolute atomic E-state index is 0.0482. The average molecular weight is 550 g/mol. The highest BCUT2D eigenvalue weighted by atomic mass is 19.2. The van der Waals surface area contributed by atoms with Gasteiger partial charge in [0.05, 0.1) is 46.3 Å². The number of nitrogens with one attached hydrogen (secondary N) is 2. The van der Waals surface area contributed by atoms with Crippen LogP contribution in [0.5, 0.6) is 0 Å². The number of carboxylic acid groups (broad SMARTS) is 1. The Morgan fingerprint density at radius 2 is 1.90 bits per heavy atom. The van der Waals surface area contributed by atoms with Crippen molar-refractivity contribution in [2.45, 2.75) is 0 Å². The third-order valence-corrected chi connectivity index (χ3v) is 7.16. The second kappa shape index (κ2) is 9.45. The molecule has 0 amide bonds. The number of hydrogen-bond acceptors (Lipinski definition) is 8. The first-order valence-electron chi connectivity index (χ1n) is 12.5. The van der Waals surface area contributed by atoms with Crippen LogP contribution in [0.15, 0.2) is 35.5 Å². The number of nitrogens with zero attached hydrogens (tertiary/aromatic N) is 5. The molecule has 0 spiro atoms. The van der Waals surface area contributed by atoms with Crippen molar-refractivity contribution < 1.29 is 23.4 Å². The van der Waals surface area contributed by atoms with Crippen molar-refractivity contribution in [1.82, 2.24) is 19.6 Å². The summed E-state index contributed by atoms with van der Waals surface area (Å²) < 4.78 is 37.2. The summed E-state index contributed by atoms with van der Waals surface area (Å²) >= 11 is 0. The number of ether oxygens (including phenoxy) is 1. The van der Waals surface area contributed by atoms with E-state index in [4.69, 9.17) is 4.74 Å². The minimum Gasteiger partial charge on any atom is -0.477 e. The predicted octanol–water partition coefficient (Wildman–Crippen LogP) is 3.15. The summed E-state index contributed by atoms with van der Waals surface area (Å²) in [5.41, 5.74) is 1.85. The van der Waals surface area contributed by atoms with E-state index in [0.29, 0.717) is 65.4 Å². The third-order valence-electron chi connectivity index (χ3n) is 7.16. The summed E-state index contributed by atoms with van der Waals surface area (Å²) in [4.78, 5) is 39.3. The number of carbonyl (C=O) groups is 1. The molecule has 5 aromatic rings. The molecular formula is C27H25F2N7O4. The number of fused-ring (bicyclic) bond motifs is 4. The van der Waals surface area contributed by atoms with Crippen LogP contribution < -0.4 is 20.7 Å². The second-order valence-electron chi connectivity index (χ2n) is 9.65. The van der Waals surface area contributed by atoms with E-state index in [-0.39, 0.29) is 16.4 Å². The Morgan fingerprint density at radius 3 is 2.58 bits per heavy atom. The van der Waals surface area contributed by atoms with Crippen LogP contribution in [0.25, 0.3) is 44.1 Å². The minimum atomic E-state index is -1.36. The molecule has 1 aromatic carbocycles. The molecule has 40 heavy (non-hydrogen) atoms. The molecular weight excluding hydrogens is 524 g/mol. The van der Waals surface area contributed by atoms with Crippen molar-refractivity contribution in [3.05, 3.63) is 58.1 Å². The van der Waals surface area contributed by atoms with Crippen LogP contribution >= 0.6 is 0 Å². The Labute approximate surface area is 225 Å². The number of anilines is 2. The summed E-state index contributed by atoms with van der Waals surface area (Å²) in [6.07, 6.45) is 4.37. The fourth-order valence-corrected chi connectivity index (χ4v) is 5.26. The maximum Gasteiger partial charge on any atom is 0.341 e. The zero-order valence-electron chi connectivity index (χ0n) is 21.9. The van der Waals surface area contributed by atoms with Gasteiger partial charge >= 0.3 is 5.97 Å². The Balaban J connectivity index is 1.71. The summed E-state index contributed by atoms with van der Waals surface area (Å²) in [6, 6.07) is 2.65. The van der Waals surface area contributed by atoms with E-state index in [9.17, 15) is 19.1 Å². The molecule has 206 valence electrons. The maximum absolute atomic E-state index is 15.5. The van der Waals surface area contributed by atoms with Gasteiger partial charge in [0, 0.05) is 70.0 Å². The van der Waals surface area contributed by atoms with E-state index >= 15 is 4.39 Å². The van der Waals surface area contributed by atoms with Crippen molar-refractivity contribution >= 4 is 50.3 Å². The first-order chi connectivity index (χ1) is 19.2. The van der Waals surface area contributed by atoms with E-state index in [1.165, 1.54) is 10.9 Å². The van der Waals surface area contributed by atoms with Crippen molar-refractivity contribution in [2.75, 3.05) is 62.7 Å². The Hall–Kier alpha value is -4.78. The van der Waals surface area contributed by atoms with Crippen LogP contribution in [-0.2, 0) is 4.74 Å². The van der Waals surface area contributed by atoms with Crippen molar-refractivity contribution in [3.63, 3.8) is 0 Å². The summed E-state index contributed by atoms with van der Waals surface area (Å²) in [7, 11) is 5.01. The van der Waals surface area contributed by atoms with Crippen LogP contribution in [0.4, 0.5) is 20.2 Å². The number of hydrogen-bond donors (Lipinski definition) is 3. The van der Waals surface area contributed by atoms with Gasteiger partial charge in [-0.2, -0.15) is 0 Å². The Kier molecular flexibility index (Phi) is 6.02. The van der Waals surface area contributed by atoms with Gasteiger partial charge in [-0.25, -0.2) is 28.2 Å². The highest BCUT2D eigenvalue weighted by molar-refractivity contribution is 6.18. The standard InChI is InChI=1S/C27H25F2N7O4/c1-30-18-9-17(28)21(29)19-20-23(35-4-6-40-7-5-35)15(11-31-25(20)33-22(18)19)13-8-14-24(37)16(27(38)39)12-36(34(2)3)26(14)32-10-13/h8-12,30H,4-7H2,1-3H3,(H,31,33)(H,38,39). The van der Waals surface area contributed by atoms with Gasteiger partial charge in [0.2, 0.25) is 5.43 Å². The van der Waals surface area contributed by atoms with Crippen LogP contribution in [0.1, 0.15) is 10.4 Å². The first kappa shape index (κ1) is 25.5. The fraction of sp³-hybridized carbons (Fsp3) is 0.259. The zero-order valence-corrected chi connectivity index (χ0v) is 21.9. The molecule has 11 nitrogen and oxygen atoms in total. The van der Waals surface area contributed by atoms with Crippen molar-refractivity contribution in [1.29, 1.82) is 0 Å². The predicted molar refractivity (Wildman–Crippen MR) is 148 cm³/mol. The Bertz CT molecular complexity index is 1890. The van der Waals surface area contributed by atoms with Gasteiger partial charge in [-0.15, -0.1) is 0 Å². The maximum atomic E-state index is 15.5. The number of aromatic carboxylic acids is 1. The third kappa shape index (κ3) is 3.80. The van der Waals surface area contributed by atoms with Crippen LogP contribution in [0.2, 0.25) is 0 Å². The molecule has 1 aliphatic rings. The summed E-state index contributed by atoms with van der Waals surface area (Å²) in [5, 5.41) is 14.7. The van der Waals surface area contributed by atoms with Crippen LogP contribution in [0.3, 0.4) is 0 Å². The van der Waals surface area contributed by atoms with E-state index in [0.717, 1.165) is 6.07 Å². The first-order valence-corrected chi connectivity index (χ1v) is 12.5. The molecule has 0 aliphatic carbocycles. The van der Waals surface area contributed by atoms with Gasteiger partial charge in [-0.05, 0) is 6.07 Å². The number of rotatable bonds is 5. The fourth-order valence-electron chi connectivity index (χ4n) is 5.26. The van der Waals surface area contributed by atoms with E-state index in [1.54, 1.807) is 44.6 Å². The van der Waals surface area contributed by atoms with Crippen molar-refractivity contribution in [2.24, 2.45) is 0 Å². The monoisotopic (exact) mass is 549 g/mol. The molecule has 1 saturated heterocycles. The van der Waals surface area contributed by atoms with E-state index < -0.39 is 28.6 Å². The topological polar surface area (TPSA) is 129 Å². The van der Waals surface area contributed by atoms with Gasteiger partial charge < -0.3 is 30.1 Å². The lowest BCUT2D eigenvalue weighted by atomic mass is 10.0.